The summed E-state index contributed by atoms with van der Waals surface area (Å²) in [6, 6.07) is 0. The number of esters is 1. The summed E-state index contributed by atoms with van der Waals surface area (Å²) in [4.78, 5) is 12.5. The van der Waals surface area contributed by atoms with Gasteiger partial charge in [0.05, 0.1) is 31.5 Å². The molecular formula is C19H25BrF2N2O3S. The number of ether oxygens (including phenoxy) is 1. The Bertz CT molecular complexity index is 822. The van der Waals surface area contributed by atoms with E-state index in [2.05, 4.69) is 4.57 Å². The van der Waals surface area contributed by atoms with E-state index in [-0.39, 0.29) is 47.9 Å². The van der Waals surface area contributed by atoms with E-state index in [0.717, 1.165) is 12.4 Å². The molecule has 1 fully saturated rings. The van der Waals surface area contributed by atoms with E-state index in [4.69, 9.17) is 4.74 Å². The first kappa shape index (κ1) is 22.8. The summed E-state index contributed by atoms with van der Waals surface area (Å²) in [7, 11) is 1.97. The first-order valence-electron chi connectivity index (χ1n) is 9.11. The quantitative estimate of drug-likeness (QED) is 0.357. The van der Waals surface area contributed by atoms with Gasteiger partial charge in [-0.25, -0.2) is 17.9 Å². The molecule has 1 N–H and O–H groups in total. The summed E-state index contributed by atoms with van der Waals surface area (Å²) >= 11 is 1.23. The highest BCUT2D eigenvalue weighted by Crippen LogP contribution is 2.48. The molecular weight excluding hydrogens is 454 g/mol. The molecule has 9 heteroatoms. The van der Waals surface area contributed by atoms with Crippen molar-refractivity contribution in [3.05, 3.63) is 34.0 Å². The van der Waals surface area contributed by atoms with Gasteiger partial charge < -0.3 is 26.8 Å². The number of imidazole rings is 1. The standard InChI is InChI=1S/C19H24F2N2O3S.BrH/c1-13-22(2)7-8-23(13)6-3-9-26-17(24)10-16-18(25)15(12-27-16)14-4-5-19(20,21)11-14;/h7-8,12,14H,3-6,9-11H2,1-2H3;1H. The van der Waals surface area contributed by atoms with Crippen molar-refractivity contribution in [2.75, 3.05) is 6.61 Å². The molecule has 1 aliphatic carbocycles. The van der Waals surface area contributed by atoms with Crippen LogP contribution >= 0.6 is 11.3 Å². The predicted octanol–water partition coefficient (Wildman–Crippen LogP) is 0.471. The number of aryl methyl sites for hydroxylation is 2. The third-order valence-corrected chi connectivity index (χ3v) is 6.21. The molecule has 5 nitrogen and oxygen atoms in total. The zero-order chi connectivity index (χ0) is 19.6. The minimum absolute atomic E-state index is 0. The van der Waals surface area contributed by atoms with Gasteiger partial charge in [0, 0.05) is 31.7 Å². The summed E-state index contributed by atoms with van der Waals surface area (Å²) in [6.07, 6.45) is 4.59. The van der Waals surface area contributed by atoms with Crippen molar-refractivity contribution in [1.82, 2.24) is 4.57 Å². The van der Waals surface area contributed by atoms with Crippen LogP contribution in [0.2, 0.25) is 0 Å². The van der Waals surface area contributed by atoms with Crippen LogP contribution in [0.15, 0.2) is 17.8 Å². The second-order valence-corrected chi connectivity index (χ2v) is 8.12. The van der Waals surface area contributed by atoms with Crippen LogP contribution in [0.5, 0.6) is 5.75 Å². The smallest absolute Gasteiger partial charge is 0.311 e. The zero-order valence-electron chi connectivity index (χ0n) is 16.0. The highest BCUT2D eigenvalue weighted by Gasteiger charge is 2.41. The van der Waals surface area contributed by atoms with Crippen LogP contribution in [-0.2, 0) is 29.5 Å². The van der Waals surface area contributed by atoms with Crippen molar-refractivity contribution < 1.29 is 45.0 Å². The van der Waals surface area contributed by atoms with Gasteiger partial charge in [0.1, 0.15) is 18.1 Å². The summed E-state index contributed by atoms with van der Waals surface area (Å²) in [5.74, 6) is -2.31. The molecule has 1 atom stereocenters. The topological polar surface area (TPSA) is 55.3 Å². The fourth-order valence-corrected chi connectivity index (χ4v) is 4.48. The Labute approximate surface area is 177 Å². The number of carbonyl (C=O) groups excluding carboxylic acids is 1. The molecule has 0 radical (unpaired) electrons. The van der Waals surface area contributed by atoms with Crippen LogP contribution in [0.4, 0.5) is 8.78 Å². The SMILES string of the molecule is Cc1n(CCCOC(=O)Cc2scc(C3CCC(F)(F)C3)c2O)cc[n+]1C.[Br-]. The Hall–Kier alpha value is -1.48. The van der Waals surface area contributed by atoms with Crippen LogP contribution in [0.3, 0.4) is 0 Å². The lowest BCUT2D eigenvalue weighted by Crippen LogP contribution is -3.00. The van der Waals surface area contributed by atoms with E-state index in [9.17, 15) is 18.7 Å². The van der Waals surface area contributed by atoms with Gasteiger partial charge in [-0.1, -0.05) is 0 Å². The lowest BCUT2D eigenvalue weighted by molar-refractivity contribution is -0.677. The van der Waals surface area contributed by atoms with E-state index in [1.807, 2.05) is 30.9 Å². The maximum atomic E-state index is 13.4. The maximum Gasteiger partial charge on any atom is 0.311 e. The molecule has 0 aromatic carbocycles. The molecule has 0 amide bonds. The van der Waals surface area contributed by atoms with Gasteiger partial charge in [-0.2, -0.15) is 0 Å². The molecule has 1 unspecified atom stereocenters. The van der Waals surface area contributed by atoms with Crippen LogP contribution in [0, 0.1) is 6.92 Å². The number of alkyl halides is 2. The maximum absolute atomic E-state index is 13.4. The molecule has 0 bridgehead atoms. The molecule has 2 aromatic rings. The van der Waals surface area contributed by atoms with E-state index in [1.54, 1.807) is 5.38 Å². The minimum atomic E-state index is -2.66. The summed E-state index contributed by atoms with van der Waals surface area (Å²) < 4.78 is 36.1. The number of carbonyl (C=O) groups is 1. The molecule has 0 aliphatic heterocycles. The van der Waals surface area contributed by atoms with E-state index in [1.165, 1.54) is 11.3 Å². The highest BCUT2D eigenvalue weighted by molar-refractivity contribution is 7.10. The Morgan fingerprint density at radius 1 is 1.50 bits per heavy atom. The van der Waals surface area contributed by atoms with Crippen LogP contribution < -0.4 is 21.5 Å². The summed E-state index contributed by atoms with van der Waals surface area (Å²) in [5.41, 5.74) is 0.538. The number of thiophene rings is 1. The van der Waals surface area contributed by atoms with Crippen molar-refractivity contribution in [3.63, 3.8) is 0 Å². The van der Waals surface area contributed by atoms with Crippen molar-refractivity contribution in [1.29, 1.82) is 0 Å². The minimum Gasteiger partial charge on any atom is -1.00 e. The fourth-order valence-electron chi connectivity index (χ4n) is 3.48. The average Bonchev–Trinajstić information content (AvgIpc) is 3.25. The van der Waals surface area contributed by atoms with Gasteiger partial charge in [-0.05, 0) is 17.7 Å². The van der Waals surface area contributed by atoms with Crippen molar-refractivity contribution in [2.45, 2.75) is 57.4 Å². The van der Waals surface area contributed by atoms with Crippen molar-refractivity contribution in [2.24, 2.45) is 7.05 Å². The molecule has 2 aromatic heterocycles. The average molecular weight is 479 g/mol. The Morgan fingerprint density at radius 2 is 2.25 bits per heavy atom. The molecule has 2 heterocycles. The first-order valence-corrected chi connectivity index (χ1v) is 9.99. The monoisotopic (exact) mass is 478 g/mol. The molecule has 0 saturated heterocycles. The molecule has 3 rings (SSSR count). The molecule has 28 heavy (non-hydrogen) atoms. The highest BCUT2D eigenvalue weighted by atomic mass is 79.9. The number of rotatable bonds is 7. The molecule has 0 spiro atoms. The number of hydrogen-bond donors (Lipinski definition) is 1. The normalized spacial score (nSPS) is 18.1. The van der Waals surface area contributed by atoms with E-state index >= 15 is 0 Å². The van der Waals surface area contributed by atoms with E-state index in [0.29, 0.717) is 29.9 Å². The lowest BCUT2D eigenvalue weighted by Gasteiger charge is -2.10. The first-order chi connectivity index (χ1) is 12.8. The predicted molar refractivity (Wildman–Crippen MR) is 97.1 cm³/mol. The fraction of sp³-hybridized carbons (Fsp3) is 0.579. The summed E-state index contributed by atoms with van der Waals surface area (Å²) in [5, 5.41) is 12.0. The molecule has 1 saturated carbocycles. The number of aromatic nitrogens is 2. The number of aromatic hydroxyl groups is 1. The number of nitrogens with zero attached hydrogens (tertiary/aromatic N) is 2. The van der Waals surface area contributed by atoms with Gasteiger partial charge in [0.2, 0.25) is 5.92 Å². The second-order valence-electron chi connectivity index (χ2n) is 7.16. The van der Waals surface area contributed by atoms with Gasteiger partial charge >= 0.3 is 5.97 Å². The van der Waals surface area contributed by atoms with Crippen LogP contribution in [0.1, 0.15) is 47.9 Å². The Morgan fingerprint density at radius 3 is 2.86 bits per heavy atom. The Kier molecular flexibility index (Phi) is 7.61. The van der Waals surface area contributed by atoms with Crippen molar-refractivity contribution >= 4 is 17.3 Å². The number of halogens is 3. The summed E-state index contributed by atoms with van der Waals surface area (Å²) in [6.45, 7) is 3.07. The third-order valence-electron chi connectivity index (χ3n) is 5.22. The molecule has 1 aliphatic rings. The molecule has 156 valence electrons. The van der Waals surface area contributed by atoms with E-state index < -0.39 is 11.9 Å². The van der Waals surface area contributed by atoms with Crippen molar-refractivity contribution in [3.8, 4) is 5.75 Å². The largest absolute Gasteiger partial charge is 1.00 e. The lowest BCUT2D eigenvalue weighted by atomic mass is 9.99. The van der Waals surface area contributed by atoms with Gasteiger partial charge in [0.15, 0.2) is 0 Å². The Balaban J connectivity index is 0.00000280. The third kappa shape index (κ3) is 5.31. The van der Waals surface area contributed by atoms with Gasteiger partial charge in [0.25, 0.3) is 5.82 Å². The van der Waals surface area contributed by atoms with Gasteiger partial charge in [-0.3, -0.25) is 4.79 Å². The zero-order valence-corrected chi connectivity index (χ0v) is 18.4. The number of hydrogen-bond acceptors (Lipinski definition) is 4. The van der Waals surface area contributed by atoms with Crippen LogP contribution in [0.25, 0.3) is 0 Å². The van der Waals surface area contributed by atoms with Gasteiger partial charge in [-0.15, -0.1) is 11.3 Å². The second kappa shape index (κ2) is 9.35. The van der Waals surface area contributed by atoms with Crippen LogP contribution in [-0.4, -0.2) is 28.2 Å².